The normalized spacial score (nSPS) is 17.8. The SMILES string of the molecule is CC(Oc1cccc(C(C)C)c1)C(=O)N1CC(O)(C(N)=O)C1. The molecule has 0 radical (unpaired) electrons. The second kappa shape index (κ2) is 5.96. The Balaban J connectivity index is 1.95. The highest BCUT2D eigenvalue weighted by Crippen LogP contribution is 2.24. The summed E-state index contributed by atoms with van der Waals surface area (Å²) in [6.07, 6.45) is -0.695. The van der Waals surface area contributed by atoms with Crippen LogP contribution in [-0.4, -0.2) is 46.6 Å². The van der Waals surface area contributed by atoms with Crippen molar-refractivity contribution in [2.45, 2.75) is 38.4 Å². The molecule has 1 aliphatic rings. The van der Waals surface area contributed by atoms with E-state index in [1.165, 1.54) is 4.90 Å². The third kappa shape index (κ3) is 3.22. The van der Waals surface area contributed by atoms with Gasteiger partial charge in [-0.2, -0.15) is 0 Å². The Morgan fingerprint density at radius 3 is 2.50 bits per heavy atom. The second-order valence-corrected chi connectivity index (χ2v) is 6.08. The number of aliphatic hydroxyl groups is 1. The number of nitrogens with two attached hydrogens (primary N) is 1. The van der Waals surface area contributed by atoms with Crippen LogP contribution in [0.4, 0.5) is 0 Å². The summed E-state index contributed by atoms with van der Waals surface area (Å²) in [6, 6.07) is 7.60. The lowest BCUT2D eigenvalue weighted by atomic mass is 9.93. The highest BCUT2D eigenvalue weighted by atomic mass is 16.5. The standard InChI is InChI=1S/C16H22N2O4/c1-10(2)12-5-4-6-13(7-12)22-11(3)14(19)18-8-16(21,9-18)15(17)20/h4-7,10-11,21H,8-9H2,1-3H3,(H2,17,20). The summed E-state index contributed by atoms with van der Waals surface area (Å²) in [7, 11) is 0. The van der Waals surface area contributed by atoms with Gasteiger partial charge in [0, 0.05) is 0 Å². The predicted octanol–water partition coefficient (Wildman–Crippen LogP) is 0.636. The molecule has 1 unspecified atom stereocenters. The van der Waals surface area contributed by atoms with Crippen LogP contribution in [0.25, 0.3) is 0 Å². The highest BCUT2D eigenvalue weighted by molar-refractivity contribution is 5.89. The Kier molecular flexibility index (Phi) is 4.42. The van der Waals surface area contributed by atoms with E-state index in [4.69, 9.17) is 10.5 Å². The van der Waals surface area contributed by atoms with Crippen LogP contribution < -0.4 is 10.5 Å². The number of amides is 2. The average Bonchev–Trinajstić information content (AvgIpc) is 2.43. The maximum Gasteiger partial charge on any atom is 0.263 e. The van der Waals surface area contributed by atoms with Crippen molar-refractivity contribution in [1.82, 2.24) is 4.90 Å². The first-order chi connectivity index (χ1) is 10.2. The van der Waals surface area contributed by atoms with Crippen molar-refractivity contribution in [2.24, 2.45) is 5.73 Å². The van der Waals surface area contributed by atoms with Gasteiger partial charge in [0.1, 0.15) is 5.75 Å². The average molecular weight is 306 g/mol. The van der Waals surface area contributed by atoms with Gasteiger partial charge in [-0.15, -0.1) is 0 Å². The number of primary amides is 1. The van der Waals surface area contributed by atoms with E-state index in [1.54, 1.807) is 13.0 Å². The van der Waals surface area contributed by atoms with Crippen molar-refractivity contribution >= 4 is 11.8 Å². The zero-order chi connectivity index (χ0) is 16.5. The fourth-order valence-corrected chi connectivity index (χ4v) is 2.36. The summed E-state index contributed by atoms with van der Waals surface area (Å²) in [6.45, 7) is 5.64. The van der Waals surface area contributed by atoms with E-state index in [9.17, 15) is 14.7 Å². The van der Waals surface area contributed by atoms with Gasteiger partial charge < -0.3 is 20.5 Å². The zero-order valence-corrected chi connectivity index (χ0v) is 13.1. The van der Waals surface area contributed by atoms with E-state index in [0.29, 0.717) is 11.7 Å². The monoisotopic (exact) mass is 306 g/mol. The molecule has 22 heavy (non-hydrogen) atoms. The molecule has 2 amide bonds. The molecule has 1 aromatic rings. The summed E-state index contributed by atoms with van der Waals surface area (Å²) < 4.78 is 5.66. The lowest BCUT2D eigenvalue weighted by Gasteiger charge is -2.44. The molecule has 1 aliphatic heterocycles. The highest BCUT2D eigenvalue weighted by Gasteiger charge is 2.49. The van der Waals surface area contributed by atoms with Crippen molar-refractivity contribution in [3.8, 4) is 5.75 Å². The van der Waals surface area contributed by atoms with Crippen LogP contribution in [0.1, 0.15) is 32.3 Å². The van der Waals surface area contributed by atoms with E-state index < -0.39 is 17.6 Å². The third-order valence-corrected chi connectivity index (χ3v) is 3.86. The van der Waals surface area contributed by atoms with Crippen LogP contribution in [0.2, 0.25) is 0 Å². The largest absolute Gasteiger partial charge is 0.481 e. The van der Waals surface area contributed by atoms with Gasteiger partial charge in [-0.25, -0.2) is 0 Å². The van der Waals surface area contributed by atoms with E-state index in [0.717, 1.165) is 5.56 Å². The van der Waals surface area contributed by atoms with Gasteiger partial charge in [0.2, 0.25) is 0 Å². The van der Waals surface area contributed by atoms with E-state index in [2.05, 4.69) is 13.8 Å². The molecule has 0 spiro atoms. The summed E-state index contributed by atoms with van der Waals surface area (Å²) in [5.74, 6) is -0.0936. The molecule has 6 nitrogen and oxygen atoms in total. The molecule has 120 valence electrons. The van der Waals surface area contributed by atoms with Crippen LogP contribution in [0.3, 0.4) is 0 Å². The van der Waals surface area contributed by atoms with Crippen LogP contribution in [0, 0.1) is 0 Å². The summed E-state index contributed by atoms with van der Waals surface area (Å²) in [5.41, 5.74) is 4.61. The number of nitrogens with zero attached hydrogens (tertiary/aromatic N) is 1. The number of likely N-dealkylation sites (tertiary alicyclic amines) is 1. The molecule has 1 aromatic carbocycles. The Hall–Kier alpha value is -2.08. The lowest BCUT2D eigenvalue weighted by Crippen LogP contribution is -2.70. The van der Waals surface area contributed by atoms with Crippen molar-refractivity contribution in [2.75, 3.05) is 13.1 Å². The molecule has 6 heteroatoms. The molecule has 1 atom stereocenters. The number of hydrogen-bond acceptors (Lipinski definition) is 4. The quantitative estimate of drug-likeness (QED) is 0.834. The molecule has 2 rings (SSSR count). The molecule has 0 bridgehead atoms. The molecule has 0 aromatic heterocycles. The van der Waals surface area contributed by atoms with Crippen molar-refractivity contribution in [1.29, 1.82) is 0 Å². The van der Waals surface area contributed by atoms with Gasteiger partial charge in [-0.3, -0.25) is 9.59 Å². The summed E-state index contributed by atoms with van der Waals surface area (Å²) >= 11 is 0. The maximum absolute atomic E-state index is 12.2. The molecule has 3 N–H and O–H groups in total. The Labute approximate surface area is 129 Å². The van der Waals surface area contributed by atoms with Gasteiger partial charge in [-0.05, 0) is 30.5 Å². The van der Waals surface area contributed by atoms with E-state index in [-0.39, 0.29) is 19.0 Å². The predicted molar refractivity (Wildman–Crippen MR) is 81.3 cm³/mol. The second-order valence-electron chi connectivity index (χ2n) is 6.08. The fraction of sp³-hybridized carbons (Fsp3) is 0.500. The molecular weight excluding hydrogens is 284 g/mol. The first kappa shape index (κ1) is 16.3. The molecule has 1 saturated heterocycles. The number of benzene rings is 1. The molecule has 1 fully saturated rings. The Morgan fingerprint density at radius 1 is 1.32 bits per heavy atom. The van der Waals surface area contributed by atoms with Crippen molar-refractivity contribution < 1.29 is 19.4 Å². The molecule has 0 aliphatic carbocycles. The van der Waals surface area contributed by atoms with Gasteiger partial charge in [0.25, 0.3) is 11.8 Å². The van der Waals surface area contributed by atoms with Crippen LogP contribution in [0.5, 0.6) is 5.75 Å². The van der Waals surface area contributed by atoms with E-state index in [1.807, 2.05) is 18.2 Å². The fourth-order valence-electron chi connectivity index (χ4n) is 2.36. The molecular formula is C16H22N2O4. The van der Waals surface area contributed by atoms with Crippen molar-refractivity contribution in [3.63, 3.8) is 0 Å². The number of hydrogen-bond donors (Lipinski definition) is 2. The van der Waals surface area contributed by atoms with Gasteiger partial charge in [-0.1, -0.05) is 26.0 Å². The summed E-state index contributed by atoms with van der Waals surface area (Å²) in [4.78, 5) is 24.6. The zero-order valence-electron chi connectivity index (χ0n) is 13.1. The number of carbonyl (C=O) groups excluding carboxylic acids is 2. The molecule has 0 saturated carbocycles. The van der Waals surface area contributed by atoms with Gasteiger partial charge in [0.05, 0.1) is 13.1 Å². The third-order valence-electron chi connectivity index (χ3n) is 3.86. The Morgan fingerprint density at radius 2 is 1.95 bits per heavy atom. The van der Waals surface area contributed by atoms with Gasteiger partial charge >= 0.3 is 0 Å². The lowest BCUT2D eigenvalue weighted by molar-refractivity contribution is -0.169. The Bertz CT molecular complexity index is 579. The summed E-state index contributed by atoms with van der Waals surface area (Å²) in [5, 5.41) is 9.77. The first-order valence-electron chi connectivity index (χ1n) is 7.30. The van der Waals surface area contributed by atoms with Crippen LogP contribution in [-0.2, 0) is 9.59 Å². The topological polar surface area (TPSA) is 92.9 Å². The molecule has 1 heterocycles. The number of ether oxygens (including phenoxy) is 1. The van der Waals surface area contributed by atoms with Crippen LogP contribution >= 0.6 is 0 Å². The minimum absolute atomic E-state index is 0.0824. The maximum atomic E-state index is 12.2. The van der Waals surface area contributed by atoms with Crippen molar-refractivity contribution in [3.05, 3.63) is 29.8 Å². The number of rotatable bonds is 5. The van der Waals surface area contributed by atoms with E-state index >= 15 is 0 Å². The smallest absolute Gasteiger partial charge is 0.263 e. The number of β-amino-alcohol motifs (C(OH)–C–C–N with tert-alkyl or cyclic N) is 1. The minimum Gasteiger partial charge on any atom is -0.481 e. The number of carbonyl (C=O) groups is 2. The van der Waals surface area contributed by atoms with Gasteiger partial charge in [0.15, 0.2) is 11.7 Å². The van der Waals surface area contributed by atoms with Crippen LogP contribution in [0.15, 0.2) is 24.3 Å². The minimum atomic E-state index is -1.60. The first-order valence-corrected chi connectivity index (χ1v) is 7.30.